The van der Waals surface area contributed by atoms with E-state index in [0.717, 1.165) is 11.1 Å². The second-order valence-electron chi connectivity index (χ2n) is 14.6. The molecule has 58 heavy (non-hydrogen) atoms. The molecule has 0 bridgehead atoms. The number of aromatic nitrogens is 2. The van der Waals surface area contributed by atoms with Crippen molar-refractivity contribution in [2.24, 2.45) is 5.73 Å². The van der Waals surface area contributed by atoms with Crippen LogP contribution in [0.4, 0.5) is 4.39 Å². The highest BCUT2D eigenvalue weighted by molar-refractivity contribution is 5.94. The molecule has 0 spiro atoms. The SMILES string of the molecule is CC[C@@]1(O)C(=O)OCc2c1cc1n(c2=O)Cc2c-1nc1cc(F)c(C)c3c1c2[C@@H](NC(=O)COCCNC(=O)CNC(=O)[C@H](Cc1ccccc1)NC(=O)CN)CC3. The number of halogens is 1. The minimum atomic E-state index is -2.01. The maximum atomic E-state index is 15.2. The number of cyclic esters (lactones) is 1. The molecule has 16 nitrogen and oxygen atoms in total. The van der Waals surface area contributed by atoms with Crippen molar-refractivity contribution >= 4 is 40.5 Å². The number of carbonyl (C=O) groups excluding carboxylic acids is 5. The van der Waals surface area contributed by atoms with Gasteiger partial charge in [-0.05, 0) is 54.5 Å². The summed E-state index contributed by atoms with van der Waals surface area (Å²) in [5.74, 6) is -3.29. The molecular formula is C41H44FN7O9. The third kappa shape index (κ3) is 7.55. The van der Waals surface area contributed by atoms with E-state index in [0.29, 0.717) is 51.8 Å². The lowest BCUT2D eigenvalue weighted by Crippen LogP contribution is -2.51. The summed E-state index contributed by atoms with van der Waals surface area (Å²) in [6.07, 6.45) is 1.07. The third-order valence-corrected chi connectivity index (χ3v) is 11.1. The highest BCUT2D eigenvalue weighted by atomic mass is 19.1. The number of nitrogens with two attached hydrogens (primary N) is 1. The number of carbonyl (C=O) groups is 5. The molecule has 2 aromatic heterocycles. The first-order valence-corrected chi connectivity index (χ1v) is 19.1. The number of aryl methyl sites for hydroxylation is 1. The molecule has 7 N–H and O–H groups in total. The highest BCUT2D eigenvalue weighted by Crippen LogP contribution is 2.46. The average molecular weight is 798 g/mol. The van der Waals surface area contributed by atoms with Crippen LogP contribution < -0.4 is 32.6 Å². The van der Waals surface area contributed by atoms with E-state index >= 15 is 4.39 Å². The predicted molar refractivity (Wildman–Crippen MR) is 206 cm³/mol. The van der Waals surface area contributed by atoms with Crippen molar-refractivity contribution in [2.45, 2.75) is 70.4 Å². The molecule has 4 aromatic rings. The lowest BCUT2D eigenvalue weighted by Gasteiger charge is -2.31. The number of fused-ring (bicyclic) bond motifs is 5. The van der Waals surface area contributed by atoms with Crippen LogP contribution in [0.15, 0.2) is 47.3 Å². The molecule has 0 unspecified atom stereocenters. The molecule has 4 amide bonds. The van der Waals surface area contributed by atoms with Crippen LogP contribution >= 0.6 is 0 Å². The molecule has 4 heterocycles. The maximum Gasteiger partial charge on any atom is 0.343 e. The Morgan fingerprint density at radius 3 is 2.60 bits per heavy atom. The van der Waals surface area contributed by atoms with Gasteiger partial charge in [0, 0.05) is 35.5 Å². The van der Waals surface area contributed by atoms with E-state index in [1.807, 2.05) is 30.3 Å². The monoisotopic (exact) mass is 797 g/mol. The number of hydrogen-bond acceptors (Lipinski definition) is 11. The molecule has 3 atom stereocenters. The molecule has 0 saturated heterocycles. The topological polar surface area (TPSA) is 233 Å². The van der Waals surface area contributed by atoms with Gasteiger partial charge < -0.3 is 46.1 Å². The van der Waals surface area contributed by atoms with Gasteiger partial charge in [0.1, 0.15) is 25.1 Å². The van der Waals surface area contributed by atoms with Gasteiger partial charge in [0.05, 0.1) is 54.8 Å². The Morgan fingerprint density at radius 1 is 1.09 bits per heavy atom. The lowest BCUT2D eigenvalue weighted by molar-refractivity contribution is -0.172. The van der Waals surface area contributed by atoms with Gasteiger partial charge in [0.2, 0.25) is 23.6 Å². The van der Waals surface area contributed by atoms with Gasteiger partial charge in [0.25, 0.3) is 5.56 Å². The number of aliphatic hydroxyl groups is 1. The van der Waals surface area contributed by atoms with Crippen molar-refractivity contribution in [1.82, 2.24) is 30.8 Å². The number of nitrogens with zero attached hydrogens (tertiary/aromatic N) is 2. The zero-order chi connectivity index (χ0) is 41.3. The van der Waals surface area contributed by atoms with E-state index in [9.17, 15) is 33.9 Å². The Morgan fingerprint density at radius 2 is 1.86 bits per heavy atom. The van der Waals surface area contributed by atoms with Gasteiger partial charge >= 0.3 is 5.97 Å². The molecule has 304 valence electrons. The highest BCUT2D eigenvalue weighted by Gasteiger charge is 2.46. The standard InChI is InChI=1S/C41H44FN7O9/c1-3-41(56)26-14-31-37-24(18-49(31)39(54)25(26)19-58-40(41)55)36-28(10-9-23-21(2)27(42)15-29(48-37)35(23)36)46-34(52)20-57-12-11-44-33(51)17-45-38(53)30(47-32(50)16-43)13-22-7-5-4-6-8-22/h4-8,14-15,28,30,56H,3,9-13,16-20,43H2,1-2H3,(H,44,51)(H,45,53)(H,46,52)(H,47,50)/t28-,30-,41-/m0/s1. The van der Waals surface area contributed by atoms with Crippen molar-refractivity contribution in [3.8, 4) is 11.4 Å². The number of amides is 4. The smallest absolute Gasteiger partial charge is 0.343 e. The van der Waals surface area contributed by atoms with E-state index in [-0.39, 0.29) is 70.0 Å². The first-order valence-electron chi connectivity index (χ1n) is 19.1. The van der Waals surface area contributed by atoms with Gasteiger partial charge in [-0.3, -0.25) is 24.0 Å². The van der Waals surface area contributed by atoms with Gasteiger partial charge in [-0.1, -0.05) is 37.3 Å². The summed E-state index contributed by atoms with van der Waals surface area (Å²) in [5, 5.41) is 22.7. The third-order valence-electron chi connectivity index (χ3n) is 11.1. The molecule has 1 aliphatic carbocycles. The summed E-state index contributed by atoms with van der Waals surface area (Å²) < 4.78 is 27.5. The van der Waals surface area contributed by atoms with E-state index in [2.05, 4.69) is 21.3 Å². The minimum absolute atomic E-state index is 0.0175. The van der Waals surface area contributed by atoms with Gasteiger partial charge in [-0.25, -0.2) is 14.2 Å². The van der Waals surface area contributed by atoms with Gasteiger partial charge in [0.15, 0.2) is 5.60 Å². The van der Waals surface area contributed by atoms with Crippen LogP contribution in [0.3, 0.4) is 0 Å². The molecule has 0 radical (unpaired) electrons. The number of esters is 1. The fraction of sp³-hybridized carbons (Fsp3) is 0.390. The van der Waals surface area contributed by atoms with E-state index in [1.165, 1.54) is 10.6 Å². The molecule has 7 rings (SSSR count). The summed E-state index contributed by atoms with van der Waals surface area (Å²) in [5.41, 5.74) is 7.82. The van der Waals surface area contributed by atoms with Crippen molar-refractivity contribution in [1.29, 1.82) is 0 Å². The van der Waals surface area contributed by atoms with Crippen molar-refractivity contribution in [3.63, 3.8) is 0 Å². The lowest BCUT2D eigenvalue weighted by atomic mass is 9.81. The molecule has 2 aromatic carbocycles. The Bertz CT molecular complexity index is 2400. The average Bonchev–Trinajstić information content (AvgIpc) is 3.59. The maximum absolute atomic E-state index is 15.2. The van der Waals surface area contributed by atoms with Crippen LogP contribution in [0.2, 0.25) is 0 Å². The zero-order valence-electron chi connectivity index (χ0n) is 32.0. The van der Waals surface area contributed by atoms with Crippen LogP contribution in [-0.2, 0) is 65.0 Å². The first-order chi connectivity index (χ1) is 27.8. The van der Waals surface area contributed by atoms with Crippen molar-refractivity contribution in [3.05, 3.63) is 97.6 Å². The number of hydrogen-bond donors (Lipinski definition) is 6. The fourth-order valence-electron chi connectivity index (χ4n) is 8.03. The Kier molecular flexibility index (Phi) is 11.4. The number of benzene rings is 2. The van der Waals surface area contributed by atoms with Crippen LogP contribution in [0, 0.1) is 12.7 Å². The Balaban J connectivity index is 0.998. The number of nitrogens with one attached hydrogen (secondary N) is 4. The van der Waals surface area contributed by atoms with Crippen molar-refractivity contribution < 1.29 is 42.9 Å². The number of ether oxygens (including phenoxy) is 2. The second kappa shape index (κ2) is 16.4. The summed E-state index contributed by atoms with van der Waals surface area (Å²) in [4.78, 5) is 81.9. The summed E-state index contributed by atoms with van der Waals surface area (Å²) in [7, 11) is 0. The first kappa shape index (κ1) is 40.2. The second-order valence-corrected chi connectivity index (χ2v) is 14.6. The predicted octanol–water partition coefficient (Wildman–Crippen LogP) is 0.566. The van der Waals surface area contributed by atoms with Crippen molar-refractivity contribution in [2.75, 3.05) is 32.8 Å². The molecule has 2 aliphatic heterocycles. The van der Waals surface area contributed by atoms with Crippen LogP contribution in [-0.4, -0.2) is 83.1 Å². The van der Waals surface area contributed by atoms with E-state index in [4.69, 9.17) is 20.2 Å². The number of pyridine rings is 2. The fourth-order valence-corrected chi connectivity index (χ4v) is 8.03. The minimum Gasteiger partial charge on any atom is -0.458 e. The molecule has 3 aliphatic rings. The molecule has 0 fully saturated rings. The Labute approximate surface area is 331 Å². The van der Waals surface area contributed by atoms with Gasteiger partial charge in [-0.2, -0.15) is 0 Å². The summed E-state index contributed by atoms with van der Waals surface area (Å²) in [6, 6.07) is 10.5. The Hall–Kier alpha value is -6.04. The van der Waals surface area contributed by atoms with Gasteiger partial charge in [-0.15, -0.1) is 0 Å². The molecule has 17 heteroatoms. The van der Waals surface area contributed by atoms with Crippen LogP contribution in [0.5, 0.6) is 0 Å². The normalized spacial score (nSPS) is 18.0. The van der Waals surface area contributed by atoms with E-state index < -0.39 is 58.7 Å². The van der Waals surface area contributed by atoms with E-state index in [1.54, 1.807) is 19.9 Å². The van der Waals surface area contributed by atoms with Crippen LogP contribution in [0.25, 0.3) is 22.3 Å². The molecular weight excluding hydrogens is 753 g/mol. The molecule has 0 saturated carbocycles. The number of rotatable bonds is 14. The quantitative estimate of drug-likeness (QED) is 0.0672. The summed E-state index contributed by atoms with van der Waals surface area (Å²) >= 11 is 0. The largest absolute Gasteiger partial charge is 0.458 e. The zero-order valence-corrected chi connectivity index (χ0v) is 32.0. The van der Waals surface area contributed by atoms with Crippen LogP contribution in [0.1, 0.15) is 64.8 Å². The summed E-state index contributed by atoms with van der Waals surface area (Å²) in [6.45, 7) is 2.16.